The van der Waals surface area contributed by atoms with E-state index < -0.39 is 0 Å². The summed E-state index contributed by atoms with van der Waals surface area (Å²) in [7, 11) is 3.64. The lowest BCUT2D eigenvalue weighted by molar-refractivity contribution is -0.127. The highest BCUT2D eigenvalue weighted by atomic mass is 16.5. The summed E-state index contributed by atoms with van der Waals surface area (Å²) in [6.45, 7) is 11.7. The van der Waals surface area contributed by atoms with Crippen LogP contribution >= 0.6 is 0 Å². The van der Waals surface area contributed by atoms with E-state index in [4.69, 9.17) is 4.74 Å². The third kappa shape index (κ3) is 5.42. The van der Waals surface area contributed by atoms with Crippen LogP contribution in [0.5, 0.6) is 5.75 Å². The fourth-order valence-corrected chi connectivity index (χ4v) is 3.06. The molecule has 5 heteroatoms. The van der Waals surface area contributed by atoms with Crippen LogP contribution in [0.15, 0.2) is 41.0 Å². The minimum Gasteiger partial charge on any atom is -0.497 e. The number of nitrogens with zero attached hydrogens (tertiary/aromatic N) is 3. The predicted octanol–water partition coefficient (Wildman–Crippen LogP) is 3.75. The molecule has 0 aromatic heterocycles. The molecular weight excluding hydrogens is 338 g/mol. The molecule has 1 fully saturated rings. The number of amides is 1. The van der Waals surface area contributed by atoms with Crippen molar-refractivity contribution in [2.45, 2.75) is 47.2 Å². The molecule has 0 bridgehead atoms. The van der Waals surface area contributed by atoms with Gasteiger partial charge in [0.2, 0.25) is 5.91 Å². The average Bonchev–Trinajstić information content (AvgIpc) is 2.90. The van der Waals surface area contributed by atoms with Crippen molar-refractivity contribution in [2.75, 3.05) is 27.2 Å². The molecule has 0 saturated carbocycles. The highest BCUT2D eigenvalue weighted by molar-refractivity contribution is 5.94. The number of hydrogen-bond acceptors (Lipinski definition) is 4. The molecule has 1 aliphatic rings. The Hall–Kier alpha value is -2.14. The first-order chi connectivity index (χ1) is 12.6. The molecular formula is C22H33N3O2. The molecule has 1 saturated heterocycles. The Morgan fingerprint density at radius 3 is 2.44 bits per heavy atom. The average molecular weight is 372 g/mol. The summed E-state index contributed by atoms with van der Waals surface area (Å²) in [5.41, 5.74) is 3.45. The van der Waals surface area contributed by atoms with Gasteiger partial charge in [-0.3, -0.25) is 14.7 Å². The van der Waals surface area contributed by atoms with E-state index in [1.807, 2.05) is 37.2 Å². The maximum absolute atomic E-state index is 12.5. The van der Waals surface area contributed by atoms with Gasteiger partial charge >= 0.3 is 0 Å². The monoisotopic (exact) mass is 371 g/mol. The van der Waals surface area contributed by atoms with Gasteiger partial charge in [0.15, 0.2) is 0 Å². The van der Waals surface area contributed by atoms with Gasteiger partial charge < -0.3 is 9.64 Å². The van der Waals surface area contributed by atoms with E-state index in [0.717, 1.165) is 17.9 Å². The fraction of sp³-hybridized carbons (Fsp3) is 0.545. The van der Waals surface area contributed by atoms with Crippen molar-refractivity contribution in [1.82, 2.24) is 9.80 Å². The predicted molar refractivity (Wildman–Crippen MR) is 111 cm³/mol. The Labute approximate surface area is 163 Å². The normalized spacial score (nSPS) is 19.7. The molecule has 0 N–H and O–H groups in total. The van der Waals surface area contributed by atoms with Gasteiger partial charge in [-0.2, -0.15) is 0 Å². The third-order valence-corrected chi connectivity index (χ3v) is 5.24. The van der Waals surface area contributed by atoms with Gasteiger partial charge in [0.25, 0.3) is 0 Å². The molecule has 2 rings (SSSR count). The smallest absolute Gasteiger partial charge is 0.238 e. The van der Waals surface area contributed by atoms with Gasteiger partial charge in [0, 0.05) is 12.7 Å². The summed E-state index contributed by atoms with van der Waals surface area (Å²) in [5.74, 6) is 1.000. The van der Waals surface area contributed by atoms with Gasteiger partial charge in [-0.05, 0) is 56.0 Å². The van der Waals surface area contributed by atoms with Crippen molar-refractivity contribution in [2.24, 2.45) is 10.4 Å². The Bertz CT molecular complexity index is 714. The largest absolute Gasteiger partial charge is 0.497 e. The van der Waals surface area contributed by atoms with Gasteiger partial charge in [0.05, 0.1) is 19.4 Å². The minimum absolute atomic E-state index is 0.0835. The number of allylic oxidation sites excluding steroid dienone is 1. The quantitative estimate of drug-likeness (QED) is 0.716. The summed E-state index contributed by atoms with van der Waals surface area (Å²) >= 11 is 0. The molecule has 5 nitrogen and oxygen atoms in total. The molecule has 1 aromatic carbocycles. The highest BCUT2D eigenvalue weighted by Crippen LogP contribution is 2.24. The SMILES string of the molecule is COc1ccc(CCN2C(=O)CN(C)C2C(C)=N/C=C(\C)C(C)(C)C)cc1. The molecule has 1 aromatic rings. The number of methoxy groups -OCH3 is 1. The van der Waals surface area contributed by atoms with Crippen LogP contribution in [0.3, 0.4) is 0 Å². The first-order valence-corrected chi connectivity index (χ1v) is 9.47. The first-order valence-electron chi connectivity index (χ1n) is 9.47. The molecule has 0 aliphatic carbocycles. The van der Waals surface area contributed by atoms with Crippen molar-refractivity contribution in [3.8, 4) is 5.75 Å². The van der Waals surface area contributed by atoms with Crippen molar-refractivity contribution in [1.29, 1.82) is 0 Å². The van der Waals surface area contributed by atoms with Gasteiger partial charge in [-0.1, -0.05) is 32.9 Å². The van der Waals surface area contributed by atoms with Gasteiger partial charge in [0.1, 0.15) is 11.9 Å². The Balaban J connectivity index is 2.12. The van der Waals surface area contributed by atoms with Crippen LogP contribution in [0, 0.1) is 5.41 Å². The molecule has 148 valence electrons. The van der Waals surface area contributed by atoms with E-state index in [2.05, 4.69) is 49.7 Å². The van der Waals surface area contributed by atoms with E-state index in [0.29, 0.717) is 13.1 Å². The van der Waals surface area contributed by atoms with Crippen LogP contribution < -0.4 is 4.74 Å². The number of likely N-dealkylation sites (N-methyl/N-ethyl adjacent to an activating group) is 1. The van der Waals surface area contributed by atoms with Crippen LogP contribution in [0.1, 0.15) is 40.2 Å². The molecule has 0 radical (unpaired) electrons. The van der Waals surface area contributed by atoms with Crippen LogP contribution in [-0.2, 0) is 11.2 Å². The topological polar surface area (TPSA) is 45.1 Å². The molecule has 1 amide bonds. The van der Waals surface area contributed by atoms with E-state index in [1.54, 1.807) is 7.11 Å². The van der Waals surface area contributed by atoms with Gasteiger partial charge in [-0.25, -0.2) is 0 Å². The Kier molecular flexibility index (Phi) is 6.82. The number of benzene rings is 1. The van der Waals surface area contributed by atoms with Crippen LogP contribution in [0.25, 0.3) is 0 Å². The lowest BCUT2D eigenvalue weighted by atomic mass is 9.88. The summed E-state index contributed by atoms with van der Waals surface area (Å²) in [6.07, 6.45) is 2.66. The van der Waals surface area contributed by atoms with E-state index >= 15 is 0 Å². The summed E-state index contributed by atoms with van der Waals surface area (Å²) in [5, 5.41) is 0. The molecule has 1 heterocycles. The molecule has 1 aliphatic heterocycles. The van der Waals surface area contributed by atoms with Crippen molar-refractivity contribution in [3.63, 3.8) is 0 Å². The Morgan fingerprint density at radius 1 is 1.26 bits per heavy atom. The van der Waals surface area contributed by atoms with E-state index in [1.165, 1.54) is 11.1 Å². The molecule has 0 spiro atoms. The van der Waals surface area contributed by atoms with E-state index in [-0.39, 0.29) is 17.5 Å². The Morgan fingerprint density at radius 2 is 1.89 bits per heavy atom. The van der Waals surface area contributed by atoms with Crippen LogP contribution in [0.2, 0.25) is 0 Å². The maximum Gasteiger partial charge on any atom is 0.238 e. The zero-order chi connectivity index (χ0) is 20.2. The summed E-state index contributed by atoms with van der Waals surface area (Å²) in [4.78, 5) is 21.2. The van der Waals surface area contributed by atoms with Crippen LogP contribution in [0.4, 0.5) is 0 Å². The number of ether oxygens (including phenoxy) is 1. The second-order valence-corrected chi connectivity index (χ2v) is 8.31. The number of aliphatic imine (C=N–C) groups is 1. The fourth-order valence-electron chi connectivity index (χ4n) is 3.06. The zero-order valence-electron chi connectivity index (χ0n) is 17.7. The molecule has 27 heavy (non-hydrogen) atoms. The molecule has 1 atom stereocenters. The summed E-state index contributed by atoms with van der Waals surface area (Å²) < 4.78 is 5.20. The number of rotatable bonds is 6. The number of carbonyl (C=O) groups excluding carboxylic acids is 1. The third-order valence-electron chi connectivity index (χ3n) is 5.24. The summed E-state index contributed by atoms with van der Waals surface area (Å²) in [6, 6.07) is 8.01. The lowest BCUT2D eigenvalue weighted by Crippen LogP contribution is -2.44. The van der Waals surface area contributed by atoms with Crippen molar-refractivity contribution < 1.29 is 9.53 Å². The van der Waals surface area contributed by atoms with Gasteiger partial charge in [-0.15, -0.1) is 0 Å². The maximum atomic E-state index is 12.5. The van der Waals surface area contributed by atoms with Crippen LogP contribution in [-0.4, -0.2) is 54.8 Å². The number of carbonyl (C=O) groups is 1. The second-order valence-electron chi connectivity index (χ2n) is 8.31. The lowest BCUT2D eigenvalue weighted by Gasteiger charge is -2.28. The zero-order valence-corrected chi connectivity index (χ0v) is 17.7. The highest BCUT2D eigenvalue weighted by Gasteiger charge is 2.36. The molecule has 1 unspecified atom stereocenters. The standard InChI is InChI=1S/C22H33N3O2/c1-16(22(3,4)5)14-23-17(2)21-24(6)15-20(26)25(21)13-12-18-8-10-19(27-7)11-9-18/h8-11,14,21H,12-13,15H2,1-7H3/b16-14+,23-17?. The second kappa shape index (κ2) is 8.70. The van der Waals surface area contributed by atoms with Crippen molar-refractivity contribution >= 4 is 11.6 Å². The number of hydrogen-bond donors (Lipinski definition) is 0. The van der Waals surface area contributed by atoms with E-state index in [9.17, 15) is 4.79 Å². The minimum atomic E-state index is -0.0835. The first kappa shape index (κ1) is 21.2. The van der Waals surface area contributed by atoms with Crippen molar-refractivity contribution in [3.05, 3.63) is 41.6 Å².